The molecule has 0 saturated heterocycles. The summed E-state index contributed by atoms with van der Waals surface area (Å²) in [5.41, 5.74) is 4.88. The third-order valence-corrected chi connectivity index (χ3v) is 4.01. The maximum Gasteiger partial charge on any atom is 0.106 e. The van der Waals surface area contributed by atoms with E-state index >= 15 is 0 Å². The van der Waals surface area contributed by atoms with Gasteiger partial charge in [0.2, 0.25) is 0 Å². The molecule has 0 aliphatic heterocycles. The van der Waals surface area contributed by atoms with Crippen LogP contribution in [0, 0.1) is 27.7 Å². The first-order chi connectivity index (χ1) is 9.47. The highest BCUT2D eigenvalue weighted by atomic mass is 16.3. The molecule has 20 heavy (non-hydrogen) atoms. The number of hydrogen-bond donors (Lipinski definition) is 1. The Labute approximate surface area is 121 Å². The van der Waals surface area contributed by atoms with Gasteiger partial charge in [0, 0.05) is 30.3 Å². The van der Waals surface area contributed by atoms with Crippen LogP contribution in [0.2, 0.25) is 0 Å². The summed E-state index contributed by atoms with van der Waals surface area (Å²) in [7, 11) is 2.01. The molecule has 0 saturated carbocycles. The van der Waals surface area contributed by atoms with Crippen LogP contribution in [0.3, 0.4) is 0 Å². The quantitative estimate of drug-likeness (QED) is 0.911. The molecule has 1 unspecified atom stereocenters. The maximum atomic E-state index is 5.77. The topological polar surface area (TPSA) is 43.0 Å². The number of rotatable bonds is 5. The fourth-order valence-electron chi connectivity index (χ4n) is 2.92. The highest BCUT2D eigenvalue weighted by Gasteiger charge is 2.21. The molecule has 4 heteroatoms. The van der Waals surface area contributed by atoms with E-state index in [0.717, 1.165) is 30.2 Å². The summed E-state index contributed by atoms with van der Waals surface area (Å²) in [6.07, 6.45) is 0.922. The molecule has 0 aliphatic carbocycles. The van der Waals surface area contributed by atoms with E-state index in [1.54, 1.807) is 0 Å². The molecule has 110 valence electrons. The predicted octanol–water partition coefficient (Wildman–Crippen LogP) is 3.23. The van der Waals surface area contributed by atoms with Crippen molar-refractivity contribution in [3.8, 4) is 0 Å². The summed E-state index contributed by atoms with van der Waals surface area (Å²) in [5, 5.41) is 7.95. The standard InChI is InChI=1S/C16H25N3O/c1-7-19-14(8-10(2)18-19)9-15(17-6)16-11(3)12(4)20-13(16)5/h8,15,17H,7,9H2,1-6H3. The van der Waals surface area contributed by atoms with E-state index in [1.165, 1.54) is 16.8 Å². The summed E-state index contributed by atoms with van der Waals surface area (Å²) < 4.78 is 7.85. The van der Waals surface area contributed by atoms with Crippen LogP contribution in [0.4, 0.5) is 0 Å². The van der Waals surface area contributed by atoms with Crippen LogP contribution < -0.4 is 5.32 Å². The van der Waals surface area contributed by atoms with Gasteiger partial charge in [-0.1, -0.05) is 0 Å². The molecule has 0 spiro atoms. The summed E-state index contributed by atoms with van der Waals surface area (Å²) in [6.45, 7) is 11.3. The number of nitrogens with one attached hydrogen (secondary N) is 1. The maximum absolute atomic E-state index is 5.77. The smallest absolute Gasteiger partial charge is 0.106 e. The zero-order chi connectivity index (χ0) is 14.9. The lowest BCUT2D eigenvalue weighted by Gasteiger charge is -2.17. The average Bonchev–Trinajstić information content (AvgIpc) is 2.88. The zero-order valence-corrected chi connectivity index (χ0v) is 13.4. The Morgan fingerprint density at radius 2 is 1.95 bits per heavy atom. The van der Waals surface area contributed by atoms with E-state index in [1.807, 2.05) is 27.8 Å². The van der Waals surface area contributed by atoms with Crippen LogP contribution >= 0.6 is 0 Å². The van der Waals surface area contributed by atoms with E-state index < -0.39 is 0 Å². The number of likely N-dealkylation sites (N-methyl/N-ethyl adjacent to an activating group) is 1. The van der Waals surface area contributed by atoms with Gasteiger partial charge in [-0.2, -0.15) is 5.10 Å². The van der Waals surface area contributed by atoms with Gasteiger partial charge < -0.3 is 9.73 Å². The van der Waals surface area contributed by atoms with Crippen molar-refractivity contribution in [2.75, 3.05) is 7.05 Å². The van der Waals surface area contributed by atoms with E-state index in [2.05, 4.69) is 35.0 Å². The second kappa shape index (κ2) is 5.83. The highest BCUT2D eigenvalue weighted by Crippen LogP contribution is 2.29. The second-order valence-electron chi connectivity index (χ2n) is 5.39. The first-order valence-electron chi connectivity index (χ1n) is 7.25. The predicted molar refractivity (Wildman–Crippen MR) is 81.1 cm³/mol. The Morgan fingerprint density at radius 1 is 1.25 bits per heavy atom. The molecule has 1 atom stereocenters. The first kappa shape index (κ1) is 14.9. The van der Waals surface area contributed by atoms with Crippen molar-refractivity contribution in [3.63, 3.8) is 0 Å². The molecule has 0 aromatic carbocycles. The van der Waals surface area contributed by atoms with Crippen molar-refractivity contribution in [3.05, 3.63) is 40.1 Å². The molecule has 0 fully saturated rings. The van der Waals surface area contributed by atoms with Crippen molar-refractivity contribution >= 4 is 0 Å². The molecule has 2 heterocycles. The zero-order valence-electron chi connectivity index (χ0n) is 13.4. The van der Waals surface area contributed by atoms with Crippen LogP contribution in [0.5, 0.6) is 0 Å². The summed E-state index contributed by atoms with van der Waals surface area (Å²) >= 11 is 0. The van der Waals surface area contributed by atoms with Crippen molar-refractivity contribution in [1.82, 2.24) is 15.1 Å². The minimum atomic E-state index is 0.258. The van der Waals surface area contributed by atoms with Crippen molar-refractivity contribution in [2.24, 2.45) is 0 Å². The van der Waals surface area contributed by atoms with E-state index in [4.69, 9.17) is 4.42 Å². The molecule has 0 bridgehead atoms. The van der Waals surface area contributed by atoms with Crippen molar-refractivity contribution in [2.45, 2.75) is 53.6 Å². The summed E-state index contributed by atoms with van der Waals surface area (Å²) in [4.78, 5) is 0. The minimum absolute atomic E-state index is 0.258. The average molecular weight is 275 g/mol. The lowest BCUT2D eigenvalue weighted by Crippen LogP contribution is -2.21. The van der Waals surface area contributed by atoms with Gasteiger partial charge in [0.1, 0.15) is 11.5 Å². The fraction of sp³-hybridized carbons (Fsp3) is 0.562. The Kier molecular flexibility index (Phi) is 4.33. The van der Waals surface area contributed by atoms with Crippen LogP contribution in [0.25, 0.3) is 0 Å². The molecule has 0 radical (unpaired) electrons. The van der Waals surface area contributed by atoms with Gasteiger partial charge in [-0.15, -0.1) is 0 Å². The van der Waals surface area contributed by atoms with Gasteiger partial charge in [0.25, 0.3) is 0 Å². The number of nitrogens with zero attached hydrogens (tertiary/aromatic N) is 2. The van der Waals surface area contributed by atoms with Gasteiger partial charge in [-0.25, -0.2) is 0 Å². The first-order valence-corrected chi connectivity index (χ1v) is 7.25. The van der Waals surface area contributed by atoms with Gasteiger partial charge in [0.05, 0.1) is 5.69 Å². The molecule has 2 rings (SSSR count). The monoisotopic (exact) mass is 275 g/mol. The Hall–Kier alpha value is -1.55. The van der Waals surface area contributed by atoms with Crippen LogP contribution in [-0.4, -0.2) is 16.8 Å². The number of aromatic nitrogens is 2. The summed E-state index contributed by atoms with van der Waals surface area (Å²) in [5.74, 6) is 2.02. The Bertz CT molecular complexity index is 595. The Balaban J connectivity index is 2.33. The van der Waals surface area contributed by atoms with Crippen LogP contribution in [0.1, 0.15) is 47.0 Å². The third kappa shape index (κ3) is 2.66. The lowest BCUT2D eigenvalue weighted by molar-refractivity contribution is 0.485. The highest BCUT2D eigenvalue weighted by molar-refractivity contribution is 5.35. The molecule has 0 amide bonds. The number of furan rings is 1. The van der Waals surface area contributed by atoms with Crippen molar-refractivity contribution in [1.29, 1.82) is 0 Å². The van der Waals surface area contributed by atoms with Crippen molar-refractivity contribution < 1.29 is 4.42 Å². The van der Waals surface area contributed by atoms with Gasteiger partial charge in [-0.05, 0) is 53.3 Å². The van der Waals surface area contributed by atoms with Gasteiger partial charge in [0.15, 0.2) is 0 Å². The van der Waals surface area contributed by atoms with E-state index in [-0.39, 0.29) is 6.04 Å². The molecule has 1 N–H and O–H groups in total. The van der Waals surface area contributed by atoms with Crippen LogP contribution in [0.15, 0.2) is 10.5 Å². The Morgan fingerprint density at radius 3 is 2.45 bits per heavy atom. The molecule has 2 aromatic rings. The molecular weight excluding hydrogens is 250 g/mol. The normalized spacial score (nSPS) is 12.9. The lowest BCUT2D eigenvalue weighted by atomic mass is 9.98. The fourth-order valence-corrected chi connectivity index (χ4v) is 2.92. The second-order valence-corrected chi connectivity index (χ2v) is 5.39. The van der Waals surface area contributed by atoms with Crippen LogP contribution in [-0.2, 0) is 13.0 Å². The third-order valence-electron chi connectivity index (χ3n) is 4.01. The molecule has 2 aromatic heterocycles. The SMILES string of the molecule is CCn1nc(C)cc1CC(NC)c1c(C)oc(C)c1C. The largest absolute Gasteiger partial charge is 0.466 e. The van der Waals surface area contributed by atoms with E-state index in [0.29, 0.717) is 0 Å². The molecule has 4 nitrogen and oxygen atoms in total. The number of hydrogen-bond acceptors (Lipinski definition) is 3. The number of aryl methyl sites for hydroxylation is 4. The van der Waals surface area contributed by atoms with Gasteiger partial charge >= 0.3 is 0 Å². The minimum Gasteiger partial charge on any atom is -0.466 e. The molecular formula is C16H25N3O. The van der Waals surface area contributed by atoms with E-state index in [9.17, 15) is 0 Å². The summed E-state index contributed by atoms with van der Waals surface area (Å²) in [6, 6.07) is 2.43. The van der Waals surface area contributed by atoms with Gasteiger partial charge in [-0.3, -0.25) is 4.68 Å². The molecule has 0 aliphatic rings.